The minimum atomic E-state index is -2.29. The fourth-order valence-electron chi connectivity index (χ4n) is 3.05. The quantitative estimate of drug-likeness (QED) is 0.290. The molecule has 31 heavy (non-hydrogen) atoms. The van der Waals surface area contributed by atoms with Crippen LogP contribution in [0.5, 0.6) is 5.75 Å². The molecular weight excluding hydrogens is 477 g/mol. The SMILES string of the molecule is CC(=NCC(=S)Cc1cccc(S(=O)[O-])c1)c1nn(C)c(-c2ccc(Cl)c(Cl)c2)c1O. The Bertz CT molecular complexity index is 1210. The van der Waals surface area contributed by atoms with Crippen molar-refractivity contribution in [2.24, 2.45) is 12.0 Å². The molecule has 2 aromatic carbocycles. The van der Waals surface area contributed by atoms with Crippen LogP contribution in [0.2, 0.25) is 10.0 Å². The van der Waals surface area contributed by atoms with Gasteiger partial charge in [0.25, 0.3) is 0 Å². The van der Waals surface area contributed by atoms with E-state index in [1.54, 1.807) is 49.0 Å². The Hall–Kier alpha value is -2.10. The maximum atomic E-state index is 11.1. The molecule has 0 saturated carbocycles. The molecule has 3 aromatic rings. The van der Waals surface area contributed by atoms with E-state index in [0.717, 1.165) is 5.56 Å². The molecule has 1 unspecified atom stereocenters. The Labute approximate surface area is 197 Å². The Morgan fingerprint density at radius 2 is 2.00 bits per heavy atom. The van der Waals surface area contributed by atoms with Gasteiger partial charge in [0.2, 0.25) is 0 Å². The number of nitrogens with zero attached hydrogens (tertiary/aromatic N) is 3. The molecule has 3 rings (SSSR count). The lowest BCUT2D eigenvalue weighted by molar-refractivity contribution is 0.475. The largest absolute Gasteiger partial charge is 0.768 e. The molecule has 0 saturated heterocycles. The second-order valence-corrected chi connectivity index (χ2v) is 9.13. The van der Waals surface area contributed by atoms with Gasteiger partial charge in [0.05, 0.1) is 22.3 Å². The van der Waals surface area contributed by atoms with Gasteiger partial charge >= 0.3 is 0 Å². The van der Waals surface area contributed by atoms with Crippen molar-refractivity contribution < 1.29 is 13.9 Å². The Balaban J connectivity index is 1.77. The fourth-order valence-corrected chi connectivity index (χ4v) is 4.01. The number of thiocarbonyl (C=S) groups is 1. The average Bonchev–Trinajstić information content (AvgIpc) is 3.02. The maximum Gasteiger partial charge on any atom is 0.171 e. The molecule has 0 aliphatic carbocycles. The lowest BCUT2D eigenvalue weighted by Crippen LogP contribution is -2.08. The maximum absolute atomic E-state index is 11.1. The van der Waals surface area contributed by atoms with Crippen molar-refractivity contribution in [3.8, 4) is 17.0 Å². The third-order valence-electron chi connectivity index (χ3n) is 4.54. The number of aliphatic imine (C=N–C) groups is 1. The molecule has 1 atom stereocenters. The van der Waals surface area contributed by atoms with Gasteiger partial charge in [-0.25, -0.2) is 0 Å². The van der Waals surface area contributed by atoms with E-state index in [0.29, 0.717) is 44.0 Å². The summed E-state index contributed by atoms with van der Waals surface area (Å²) in [6.07, 6.45) is 0.417. The van der Waals surface area contributed by atoms with Crippen LogP contribution < -0.4 is 0 Å². The first-order valence-electron chi connectivity index (χ1n) is 9.10. The summed E-state index contributed by atoms with van der Waals surface area (Å²) in [7, 11) is 1.71. The first kappa shape index (κ1) is 23.6. The van der Waals surface area contributed by atoms with Crippen molar-refractivity contribution in [1.29, 1.82) is 0 Å². The van der Waals surface area contributed by atoms with Crippen molar-refractivity contribution in [2.45, 2.75) is 18.2 Å². The Morgan fingerprint density at radius 3 is 2.68 bits per heavy atom. The van der Waals surface area contributed by atoms with Gasteiger partial charge in [-0.1, -0.05) is 53.6 Å². The smallest absolute Gasteiger partial charge is 0.171 e. The van der Waals surface area contributed by atoms with Crippen molar-refractivity contribution >= 4 is 57.1 Å². The molecule has 1 heterocycles. The molecule has 1 N–H and O–H groups in total. The predicted molar refractivity (Wildman–Crippen MR) is 127 cm³/mol. The molecular formula is C21H18Cl2N3O3S2-. The molecule has 0 fully saturated rings. The highest BCUT2D eigenvalue weighted by molar-refractivity contribution is 7.80. The van der Waals surface area contributed by atoms with Crippen LogP contribution in [0.25, 0.3) is 11.3 Å². The van der Waals surface area contributed by atoms with Crippen molar-refractivity contribution in [3.05, 3.63) is 63.8 Å². The van der Waals surface area contributed by atoms with Gasteiger partial charge in [-0.05, 0) is 47.8 Å². The van der Waals surface area contributed by atoms with Crippen LogP contribution >= 0.6 is 35.4 Å². The van der Waals surface area contributed by atoms with Crippen LogP contribution in [0.4, 0.5) is 0 Å². The van der Waals surface area contributed by atoms with E-state index in [1.807, 2.05) is 6.07 Å². The second kappa shape index (κ2) is 10.0. The number of hydrogen-bond acceptors (Lipinski definition) is 6. The number of hydrogen-bond donors (Lipinski definition) is 1. The molecule has 162 valence electrons. The zero-order valence-electron chi connectivity index (χ0n) is 16.6. The lowest BCUT2D eigenvalue weighted by atomic mass is 10.1. The number of benzene rings is 2. The molecule has 0 spiro atoms. The monoisotopic (exact) mass is 494 g/mol. The predicted octanol–water partition coefficient (Wildman–Crippen LogP) is 4.76. The van der Waals surface area contributed by atoms with Crippen LogP contribution in [-0.4, -0.2) is 40.8 Å². The first-order valence-corrected chi connectivity index (χ1v) is 11.3. The third kappa shape index (κ3) is 5.58. The molecule has 0 aliphatic heterocycles. The number of aryl methyl sites for hydroxylation is 1. The molecule has 0 amide bonds. The summed E-state index contributed by atoms with van der Waals surface area (Å²) >= 11 is 15.2. The average molecular weight is 495 g/mol. The standard InChI is InChI=1S/C21H19Cl2N3O3S2/c1-12(24-11-15(30)8-13-4-3-5-16(9-13)31(28)29)19-21(27)20(26(2)25-19)14-6-7-17(22)18(23)10-14/h3-7,9-10,27H,8,11H2,1-2H3,(H,28,29)/p-1. The normalized spacial score (nSPS) is 12.7. The van der Waals surface area contributed by atoms with Crippen LogP contribution in [-0.2, 0) is 24.5 Å². The lowest BCUT2D eigenvalue weighted by Gasteiger charge is -2.08. The van der Waals surface area contributed by atoms with E-state index in [9.17, 15) is 13.9 Å². The van der Waals surface area contributed by atoms with Gasteiger partial charge in [-0.15, -0.1) is 0 Å². The molecule has 1 aromatic heterocycles. The Kier molecular flexibility index (Phi) is 7.61. The summed E-state index contributed by atoms with van der Waals surface area (Å²) in [5.74, 6) is -0.0151. The first-order chi connectivity index (χ1) is 14.7. The van der Waals surface area contributed by atoms with Crippen molar-refractivity contribution in [2.75, 3.05) is 6.54 Å². The van der Waals surface area contributed by atoms with Gasteiger partial charge in [0, 0.05) is 28.8 Å². The van der Waals surface area contributed by atoms with Gasteiger partial charge in [-0.2, -0.15) is 5.10 Å². The van der Waals surface area contributed by atoms with Crippen molar-refractivity contribution in [3.63, 3.8) is 0 Å². The van der Waals surface area contributed by atoms with E-state index in [4.69, 9.17) is 35.4 Å². The van der Waals surface area contributed by atoms with Crippen LogP contribution in [0.3, 0.4) is 0 Å². The number of aromatic nitrogens is 2. The highest BCUT2D eigenvalue weighted by Gasteiger charge is 2.19. The zero-order valence-corrected chi connectivity index (χ0v) is 19.8. The second-order valence-electron chi connectivity index (χ2n) is 6.80. The molecule has 0 aliphatic rings. The zero-order chi connectivity index (χ0) is 22.7. The third-order valence-corrected chi connectivity index (χ3v) is 6.19. The summed E-state index contributed by atoms with van der Waals surface area (Å²) in [6, 6.07) is 11.7. The topological polar surface area (TPSA) is 90.5 Å². The van der Waals surface area contributed by atoms with E-state index in [2.05, 4.69) is 10.1 Å². The summed E-state index contributed by atoms with van der Waals surface area (Å²) in [5, 5.41) is 15.9. The van der Waals surface area contributed by atoms with Crippen molar-refractivity contribution in [1.82, 2.24) is 9.78 Å². The van der Waals surface area contributed by atoms with Gasteiger partial charge in [0.1, 0.15) is 11.4 Å². The number of aromatic hydroxyl groups is 1. The van der Waals surface area contributed by atoms with Gasteiger partial charge < -0.3 is 9.66 Å². The minimum absolute atomic E-state index is 0.0151. The van der Waals surface area contributed by atoms with Gasteiger partial charge in [-0.3, -0.25) is 13.9 Å². The van der Waals surface area contributed by atoms with Gasteiger partial charge in [0.15, 0.2) is 5.75 Å². The minimum Gasteiger partial charge on any atom is -0.768 e. The highest BCUT2D eigenvalue weighted by Crippen LogP contribution is 2.35. The fraction of sp³-hybridized carbons (Fsp3) is 0.190. The van der Waals surface area contributed by atoms with Crippen LogP contribution in [0, 0.1) is 0 Å². The van der Waals surface area contributed by atoms with E-state index in [1.165, 1.54) is 6.07 Å². The summed E-state index contributed by atoms with van der Waals surface area (Å²) in [4.78, 5) is 5.31. The number of halogens is 2. The van der Waals surface area contributed by atoms with E-state index < -0.39 is 11.1 Å². The van der Waals surface area contributed by atoms with E-state index >= 15 is 0 Å². The van der Waals surface area contributed by atoms with Crippen LogP contribution in [0.15, 0.2) is 52.4 Å². The molecule has 0 radical (unpaired) electrons. The molecule has 0 bridgehead atoms. The molecule has 6 nitrogen and oxygen atoms in total. The molecule has 10 heteroatoms. The Morgan fingerprint density at radius 1 is 1.26 bits per heavy atom. The summed E-state index contributed by atoms with van der Waals surface area (Å²) in [5.41, 5.74) is 2.83. The van der Waals surface area contributed by atoms with Crippen LogP contribution in [0.1, 0.15) is 18.2 Å². The summed E-state index contributed by atoms with van der Waals surface area (Å²) < 4.78 is 23.8. The number of rotatable bonds is 7. The van der Waals surface area contributed by atoms with E-state index in [-0.39, 0.29) is 17.2 Å². The summed E-state index contributed by atoms with van der Waals surface area (Å²) in [6.45, 7) is 1.98. The highest BCUT2D eigenvalue weighted by atomic mass is 35.5.